The van der Waals surface area contributed by atoms with Crippen molar-refractivity contribution in [2.24, 2.45) is 0 Å². The van der Waals surface area contributed by atoms with Crippen LogP contribution in [-0.2, 0) is 0 Å². The van der Waals surface area contributed by atoms with Crippen LogP contribution in [0.15, 0.2) is 12.1 Å². The van der Waals surface area contributed by atoms with E-state index in [1.54, 1.807) is 0 Å². The molecule has 1 aromatic carbocycles. The molecule has 0 atom stereocenters. The first-order valence-corrected chi connectivity index (χ1v) is 3.51. The van der Waals surface area contributed by atoms with Crippen LogP contribution in [0.4, 0.5) is 8.78 Å². The predicted molar refractivity (Wildman–Crippen MR) is 41.4 cm³/mol. The second-order valence-electron chi connectivity index (χ2n) is 2.50. The number of benzene rings is 1. The highest BCUT2D eigenvalue weighted by molar-refractivity contribution is 5.82. The molecule has 0 unspecified atom stereocenters. The molecule has 2 rings (SSSR count). The van der Waals surface area contributed by atoms with Crippen molar-refractivity contribution in [1.29, 1.82) is 0 Å². The molecule has 0 fully saturated rings. The second kappa shape index (κ2) is 2.62. The lowest BCUT2D eigenvalue weighted by atomic mass is 10.3. The maximum absolute atomic E-state index is 13.0. The van der Waals surface area contributed by atoms with Crippen LogP contribution in [0.25, 0.3) is 11.0 Å². The summed E-state index contributed by atoms with van der Waals surface area (Å²) in [5.74, 6) is -2.03. The third-order valence-corrected chi connectivity index (χ3v) is 1.68. The molecule has 66 valence electrons. The van der Waals surface area contributed by atoms with Crippen molar-refractivity contribution < 1.29 is 13.6 Å². The van der Waals surface area contributed by atoms with E-state index in [1.807, 2.05) is 0 Å². The number of hydrogen-bond donors (Lipinski definition) is 1. The smallest absolute Gasteiger partial charge is 0.186 e. The zero-order valence-corrected chi connectivity index (χ0v) is 6.34. The van der Waals surface area contributed by atoms with Crippen LogP contribution in [0.5, 0.6) is 0 Å². The van der Waals surface area contributed by atoms with Gasteiger partial charge in [0.15, 0.2) is 23.7 Å². The van der Waals surface area contributed by atoms with E-state index in [-0.39, 0.29) is 11.3 Å². The van der Waals surface area contributed by atoms with Gasteiger partial charge in [-0.1, -0.05) is 0 Å². The Hall–Kier alpha value is -1.78. The van der Waals surface area contributed by atoms with Crippen LogP contribution < -0.4 is 0 Å². The number of halogens is 2. The van der Waals surface area contributed by atoms with Gasteiger partial charge in [0.2, 0.25) is 0 Å². The topological polar surface area (TPSA) is 45.8 Å². The van der Waals surface area contributed by atoms with Gasteiger partial charge in [-0.3, -0.25) is 4.79 Å². The van der Waals surface area contributed by atoms with Gasteiger partial charge in [0, 0.05) is 0 Å². The summed E-state index contributed by atoms with van der Waals surface area (Å²) in [5.41, 5.74) is 0.156. The van der Waals surface area contributed by atoms with Gasteiger partial charge < -0.3 is 4.98 Å². The Morgan fingerprint density at radius 2 is 2.15 bits per heavy atom. The third kappa shape index (κ3) is 1.09. The van der Waals surface area contributed by atoms with E-state index in [4.69, 9.17) is 0 Å². The average Bonchev–Trinajstić information content (AvgIpc) is 2.55. The summed E-state index contributed by atoms with van der Waals surface area (Å²) in [6, 6.07) is 2.30. The number of carbonyl (C=O) groups is 1. The minimum absolute atomic E-state index is 0.0144. The fraction of sp³-hybridized carbons (Fsp3) is 0. The lowest BCUT2D eigenvalue weighted by molar-refractivity contribution is 0.111. The van der Waals surface area contributed by atoms with Gasteiger partial charge in [0.25, 0.3) is 0 Å². The predicted octanol–water partition coefficient (Wildman–Crippen LogP) is 1.65. The van der Waals surface area contributed by atoms with Gasteiger partial charge in [-0.05, 0) is 12.1 Å². The molecule has 1 N–H and O–H groups in total. The van der Waals surface area contributed by atoms with Crippen LogP contribution in [0, 0.1) is 11.6 Å². The minimum atomic E-state index is -1.04. The first kappa shape index (κ1) is 7.85. The van der Waals surface area contributed by atoms with Gasteiger partial charge in [-0.2, -0.15) is 0 Å². The number of carbonyl (C=O) groups excluding carboxylic acids is 1. The maximum atomic E-state index is 13.0. The van der Waals surface area contributed by atoms with E-state index in [9.17, 15) is 13.6 Å². The van der Waals surface area contributed by atoms with Crippen molar-refractivity contribution in [2.75, 3.05) is 0 Å². The van der Waals surface area contributed by atoms with Gasteiger partial charge in [-0.25, -0.2) is 13.8 Å². The number of aldehydes is 1. The highest BCUT2D eigenvalue weighted by Crippen LogP contribution is 2.17. The standard InChI is InChI=1S/C8H4F2N2O/c9-4-1-2-5-8(7(4)10)12-6(3-13)11-5/h1-3H,(H,11,12). The van der Waals surface area contributed by atoms with Crippen molar-refractivity contribution in [1.82, 2.24) is 9.97 Å². The largest absolute Gasteiger partial charge is 0.336 e. The third-order valence-electron chi connectivity index (χ3n) is 1.68. The molecule has 0 bridgehead atoms. The Morgan fingerprint density at radius 3 is 2.85 bits per heavy atom. The summed E-state index contributed by atoms with van der Waals surface area (Å²) in [6.45, 7) is 0. The van der Waals surface area contributed by atoms with Crippen LogP contribution in [0.2, 0.25) is 0 Å². The lowest BCUT2D eigenvalue weighted by Gasteiger charge is -1.91. The molecule has 0 amide bonds. The number of aromatic amines is 1. The van der Waals surface area contributed by atoms with E-state index >= 15 is 0 Å². The van der Waals surface area contributed by atoms with Crippen molar-refractivity contribution in [3.05, 3.63) is 29.6 Å². The molecule has 0 aliphatic heterocycles. The van der Waals surface area contributed by atoms with Crippen LogP contribution in [0.3, 0.4) is 0 Å². The number of nitrogens with zero attached hydrogens (tertiary/aromatic N) is 1. The Bertz CT molecular complexity index is 478. The highest BCUT2D eigenvalue weighted by atomic mass is 19.2. The van der Waals surface area contributed by atoms with Gasteiger partial charge in [-0.15, -0.1) is 0 Å². The Balaban J connectivity index is 2.83. The molecule has 0 aliphatic carbocycles. The fourth-order valence-electron chi connectivity index (χ4n) is 1.09. The summed E-state index contributed by atoms with van der Waals surface area (Å²) >= 11 is 0. The fourth-order valence-corrected chi connectivity index (χ4v) is 1.09. The summed E-state index contributed by atoms with van der Waals surface area (Å²) in [7, 11) is 0. The SMILES string of the molecule is O=Cc1nc2c(F)c(F)ccc2[nH]1. The zero-order chi connectivity index (χ0) is 9.42. The number of fused-ring (bicyclic) bond motifs is 1. The molecule has 5 heteroatoms. The molecular formula is C8H4F2N2O. The van der Waals surface area contributed by atoms with Crippen molar-refractivity contribution in [2.45, 2.75) is 0 Å². The number of rotatable bonds is 1. The number of imidazole rings is 1. The molecule has 3 nitrogen and oxygen atoms in total. The summed E-state index contributed by atoms with van der Waals surface area (Å²) in [5, 5.41) is 0. The molecule has 1 heterocycles. The zero-order valence-electron chi connectivity index (χ0n) is 6.34. The maximum Gasteiger partial charge on any atom is 0.186 e. The number of H-pyrrole nitrogens is 1. The lowest BCUT2D eigenvalue weighted by Crippen LogP contribution is -1.84. The van der Waals surface area contributed by atoms with E-state index in [1.165, 1.54) is 6.07 Å². The first-order chi connectivity index (χ1) is 6.22. The first-order valence-electron chi connectivity index (χ1n) is 3.51. The quantitative estimate of drug-likeness (QED) is 0.681. The summed E-state index contributed by atoms with van der Waals surface area (Å²) in [4.78, 5) is 16.3. The van der Waals surface area contributed by atoms with Crippen LogP contribution >= 0.6 is 0 Å². The molecule has 0 saturated heterocycles. The van der Waals surface area contributed by atoms with Gasteiger partial charge >= 0.3 is 0 Å². The molecule has 2 aromatic rings. The second-order valence-corrected chi connectivity index (χ2v) is 2.50. The number of nitrogens with one attached hydrogen (secondary N) is 1. The molecule has 0 aliphatic rings. The van der Waals surface area contributed by atoms with Crippen molar-refractivity contribution >= 4 is 17.3 Å². The van der Waals surface area contributed by atoms with E-state index in [0.29, 0.717) is 11.8 Å². The monoisotopic (exact) mass is 182 g/mol. The molecule has 0 radical (unpaired) electrons. The average molecular weight is 182 g/mol. The van der Waals surface area contributed by atoms with E-state index in [2.05, 4.69) is 9.97 Å². The van der Waals surface area contributed by atoms with Crippen molar-refractivity contribution in [3.63, 3.8) is 0 Å². The minimum Gasteiger partial charge on any atom is -0.336 e. The molecule has 0 spiro atoms. The van der Waals surface area contributed by atoms with Crippen molar-refractivity contribution in [3.8, 4) is 0 Å². The molecule has 13 heavy (non-hydrogen) atoms. The Morgan fingerprint density at radius 1 is 1.38 bits per heavy atom. The number of hydrogen-bond acceptors (Lipinski definition) is 2. The van der Waals surface area contributed by atoms with Crippen LogP contribution in [0.1, 0.15) is 10.6 Å². The summed E-state index contributed by atoms with van der Waals surface area (Å²) < 4.78 is 25.6. The molecular weight excluding hydrogens is 178 g/mol. The number of aromatic nitrogens is 2. The summed E-state index contributed by atoms with van der Waals surface area (Å²) in [6.07, 6.45) is 0.442. The Labute approximate surface area is 71.4 Å². The normalized spacial score (nSPS) is 10.6. The molecule has 0 saturated carbocycles. The van der Waals surface area contributed by atoms with E-state index in [0.717, 1.165) is 6.07 Å². The van der Waals surface area contributed by atoms with E-state index < -0.39 is 11.6 Å². The molecule has 1 aromatic heterocycles. The van der Waals surface area contributed by atoms with Crippen LogP contribution in [-0.4, -0.2) is 16.3 Å². The van der Waals surface area contributed by atoms with Gasteiger partial charge in [0.05, 0.1) is 5.52 Å². The Kier molecular flexibility index (Phi) is 1.58. The van der Waals surface area contributed by atoms with Gasteiger partial charge in [0.1, 0.15) is 5.52 Å². The highest BCUT2D eigenvalue weighted by Gasteiger charge is 2.10.